The monoisotopic (exact) mass is 376 g/mol. The number of nitrogens with two attached hydrogens (primary N) is 1. The molecule has 1 aliphatic rings. The maximum Gasteiger partial charge on any atom is 0.249 e. The first kappa shape index (κ1) is 20.1. The summed E-state index contributed by atoms with van der Waals surface area (Å²) in [6.07, 6.45) is 1.80. The Morgan fingerprint density at radius 2 is 1.74 bits per heavy atom. The summed E-state index contributed by atoms with van der Waals surface area (Å²) in [6, 6.07) is -0.0167. The zero-order valence-corrected chi connectivity index (χ0v) is 13.7. The van der Waals surface area contributed by atoms with Crippen molar-refractivity contribution in [2.24, 2.45) is 11.7 Å². The van der Waals surface area contributed by atoms with Gasteiger partial charge in [0.1, 0.15) is 0 Å². The summed E-state index contributed by atoms with van der Waals surface area (Å²) in [7, 11) is -4.66. The van der Waals surface area contributed by atoms with Gasteiger partial charge in [-0.2, -0.15) is 4.31 Å². The van der Waals surface area contributed by atoms with Gasteiger partial charge in [0.25, 0.3) is 0 Å². The van der Waals surface area contributed by atoms with E-state index in [1.807, 2.05) is 0 Å². The van der Waals surface area contributed by atoms with Gasteiger partial charge in [-0.3, -0.25) is 0 Å². The van der Waals surface area contributed by atoms with Crippen LogP contribution >= 0.6 is 12.4 Å². The Morgan fingerprint density at radius 1 is 1.17 bits per heavy atom. The van der Waals surface area contributed by atoms with E-state index < -0.39 is 38.2 Å². The minimum Gasteiger partial charge on any atom is -0.330 e. The average Bonchev–Trinajstić information content (AvgIpc) is 2.46. The normalized spacial score (nSPS) is 19.4. The third kappa shape index (κ3) is 3.96. The molecule has 1 saturated heterocycles. The molecule has 0 amide bonds. The van der Waals surface area contributed by atoms with E-state index in [0.717, 1.165) is 10.7 Å². The summed E-state index contributed by atoms with van der Waals surface area (Å²) < 4.78 is 79.5. The Hall–Kier alpha value is -0.900. The summed E-state index contributed by atoms with van der Waals surface area (Å²) in [4.78, 5) is -1.57. The van der Waals surface area contributed by atoms with Crippen LogP contribution in [0.4, 0.5) is 17.6 Å². The quantitative estimate of drug-likeness (QED) is 0.648. The highest BCUT2D eigenvalue weighted by Gasteiger charge is 2.36. The van der Waals surface area contributed by atoms with Gasteiger partial charge in [-0.1, -0.05) is 0 Å². The highest BCUT2D eigenvalue weighted by molar-refractivity contribution is 7.89. The molecule has 1 heterocycles. The average molecular weight is 377 g/mol. The lowest BCUT2D eigenvalue weighted by molar-refractivity contribution is 0.256. The second-order valence-electron chi connectivity index (χ2n) is 5.25. The third-order valence-corrected chi connectivity index (χ3v) is 5.61. The van der Waals surface area contributed by atoms with Crippen molar-refractivity contribution in [3.05, 3.63) is 29.3 Å². The van der Waals surface area contributed by atoms with Crippen molar-refractivity contribution in [1.29, 1.82) is 0 Å². The number of hydrogen-bond acceptors (Lipinski definition) is 3. The Balaban J connectivity index is 0.00000264. The molecule has 10 heteroatoms. The van der Waals surface area contributed by atoms with E-state index in [9.17, 15) is 26.0 Å². The summed E-state index contributed by atoms with van der Waals surface area (Å²) in [5.41, 5.74) is 5.43. The standard InChI is InChI=1S/C13H16F4N2O2S.ClH/c14-9-6-10(15)12(17)13(11(9)16)22(20,21)19-5-1-2-8(7-19)3-4-18;/h6,8H,1-5,7,18H2;1H. The van der Waals surface area contributed by atoms with Crippen LogP contribution < -0.4 is 5.73 Å². The molecule has 0 aliphatic carbocycles. The van der Waals surface area contributed by atoms with Crippen LogP contribution in [0.5, 0.6) is 0 Å². The molecule has 2 N–H and O–H groups in total. The predicted octanol–water partition coefficient (Wildman–Crippen LogP) is 2.41. The Labute approximate surface area is 138 Å². The molecule has 132 valence electrons. The van der Waals surface area contributed by atoms with Gasteiger partial charge in [0, 0.05) is 19.2 Å². The van der Waals surface area contributed by atoms with E-state index in [1.165, 1.54) is 0 Å². The molecule has 1 aliphatic heterocycles. The molecule has 1 aromatic rings. The van der Waals surface area contributed by atoms with Gasteiger partial charge >= 0.3 is 0 Å². The van der Waals surface area contributed by atoms with Crippen LogP contribution in [-0.4, -0.2) is 32.4 Å². The first-order valence-corrected chi connectivity index (χ1v) is 8.26. The lowest BCUT2D eigenvalue weighted by Gasteiger charge is -2.31. The molecule has 0 aromatic heterocycles. The van der Waals surface area contributed by atoms with E-state index in [-0.39, 0.29) is 37.5 Å². The first-order chi connectivity index (χ1) is 10.3. The number of nitrogens with zero attached hydrogens (tertiary/aromatic N) is 1. The van der Waals surface area contributed by atoms with Crippen molar-refractivity contribution in [3.8, 4) is 0 Å². The van der Waals surface area contributed by atoms with Crippen LogP contribution in [-0.2, 0) is 10.0 Å². The number of piperidine rings is 1. The van der Waals surface area contributed by atoms with Crippen LogP contribution in [0.15, 0.2) is 11.0 Å². The van der Waals surface area contributed by atoms with E-state index in [4.69, 9.17) is 5.73 Å². The van der Waals surface area contributed by atoms with Gasteiger partial charge in [-0.15, -0.1) is 12.4 Å². The Bertz CT molecular complexity index is 644. The van der Waals surface area contributed by atoms with E-state index >= 15 is 0 Å². The van der Waals surface area contributed by atoms with Crippen LogP contribution in [0.3, 0.4) is 0 Å². The second-order valence-corrected chi connectivity index (χ2v) is 7.12. The van der Waals surface area contributed by atoms with Crippen LogP contribution in [0, 0.1) is 29.2 Å². The molecule has 0 saturated carbocycles. The molecule has 0 radical (unpaired) electrons. The molecular weight excluding hydrogens is 360 g/mol. The minimum atomic E-state index is -4.66. The maximum atomic E-state index is 13.7. The van der Waals surface area contributed by atoms with Gasteiger partial charge in [-0.05, 0) is 31.7 Å². The molecule has 4 nitrogen and oxygen atoms in total. The van der Waals surface area contributed by atoms with Gasteiger partial charge in [0.2, 0.25) is 10.0 Å². The molecule has 2 rings (SSSR count). The van der Waals surface area contributed by atoms with Crippen molar-refractivity contribution in [2.75, 3.05) is 19.6 Å². The summed E-state index contributed by atoms with van der Waals surface area (Å²) in [6.45, 7) is 0.423. The van der Waals surface area contributed by atoms with Gasteiger partial charge in [0.05, 0.1) is 0 Å². The molecule has 1 fully saturated rings. The smallest absolute Gasteiger partial charge is 0.249 e. The zero-order chi connectivity index (χ0) is 16.5. The van der Waals surface area contributed by atoms with Crippen molar-refractivity contribution < 1.29 is 26.0 Å². The fourth-order valence-electron chi connectivity index (χ4n) is 2.62. The highest BCUT2D eigenvalue weighted by atomic mass is 35.5. The van der Waals surface area contributed by atoms with Crippen molar-refractivity contribution >= 4 is 22.4 Å². The lowest BCUT2D eigenvalue weighted by Crippen LogP contribution is -2.41. The molecule has 0 spiro atoms. The minimum absolute atomic E-state index is 0. The Morgan fingerprint density at radius 3 is 2.26 bits per heavy atom. The summed E-state index contributed by atoms with van der Waals surface area (Å²) >= 11 is 0. The van der Waals surface area contributed by atoms with Crippen LogP contribution in [0.2, 0.25) is 0 Å². The fourth-order valence-corrected chi connectivity index (χ4v) is 4.31. The molecule has 1 unspecified atom stereocenters. The van der Waals surface area contributed by atoms with Crippen LogP contribution in [0.1, 0.15) is 19.3 Å². The topological polar surface area (TPSA) is 63.4 Å². The highest BCUT2D eigenvalue weighted by Crippen LogP contribution is 2.30. The Kier molecular flexibility index (Phi) is 6.81. The number of benzene rings is 1. The van der Waals surface area contributed by atoms with E-state index in [1.54, 1.807) is 0 Å². The maximum absolute atomic E-state index is 13.7. The van der Waals surface area contributed by atoms with Crippen LogP contribution in [0.25, 0.3) is 0 Å². The molecule has 0 bridgehead atoms. The number of rotatable bonds is 4. The summed E-state index contributed by atoms with van der Waals surface area (Å²) in [5, 5.41) is 0. The predicted molar refractivity (Wildman–Crippen MR) is 78.7 cm³/mol. The SMILES string of the molecule is Cl.NCCC1CCCN(S(=O)(=O)c2c(F)c(F)cc(F)c2F)C1. The first-order valence-electron chi connectivity index (χ1n) is 6.82. The van der Waals surface area contributed by atoms with Gasteiger partial charge < -0.3 is 5.73 Å². The third-order valence-electron chi connectivity index (χ3n) is 3.73. The van der Waals surface area contributed by atoms with E-state index in [0.29, 0.717) is 19.4 Å². The zero-order valence-electron chi connectivity index (χ0n) is 12.1. The lowest BCUT2D eigenvalue weighted by atomic mass is 9.96. The van der Waals surface area contributed by atoms with Gasteiger partial charge in [0.15, 0.2) is 28.2 Å². The van der Waals surface area contributed by atoms with E-state index in [2.05, 4.69) is 0 Å². The molecule has 1 aromatic carbocycles. The van der Waals surface area contributed by atoms with Crippen molar-refractivity contribution in [3.63, 3.8) is 0 Å². The van der Waals surface area contributed by atoms with Crippen molar-refractivity contribution in [1.82, 2.24) is 4.31 Å². The summed E-state index contributed by atoms with van der Waals surface area (Å²) in [5.74, 6) is -7.33. The van der Waals surface area contributed by atoms with Gasteiger partial charge in [-0.25, -0.2) is 26.0 Å². The second kappa shape index (κ2) is 7.78. The number of sulfonamides is 1. The molecule has 23 heavy (non-hydrogen) atoms. The molecular formula is C13H17ClF4N2O2S. The number of halogens is 5. The van der Waals surface area contributed by atoms with Crippen molar-refractivity contribution in [2.45, 2.75) is 24.2 Å². The number of hydrogen-bond donors (Lipinski definition) is 1. The largest absolute Gasteiger partial charge is 0.330 e. The fraction of sp³-hybridized carbons (Fsp3) is 0.538. The molecule has 1 atom stereocenters.